The lowest BCUT2D eigenvalue weighted by Crippen LogP contribution is -2.45. The Labute approximate surface area is 521 Å². The lowest BCUT2D eigenvalue weighted by molar-refractivity contribution is -0.143. The molecule has 0 aromatic rings. The first-order valence-electron chi connectivity index (χ1n) is 38.8. The smallest absolute Gasteiger partial charge is 0.305 e. The summed E-state index contributed by atoms with van der Waals surface area (Å²) in [5, 5.41) is 23.5. The molecule has 0 aliphatic heterocycles. The van der Waals surface area contributed by atoms with Crippen molar-refractivity contribution >= 4 is 11.9 Å². The van der Waals surface area contributed by atoms with Gasteiger partial charge in [-0.25, -0.2) is 0 Å². The van der Waals surface area contributed by atoms with Crippen LogP contribution in [-0.4, -0.2) is 47.4 Å². The minimum Gasteiger partial charge on any atom is -0.466 e. The van der Waals surface area contributed by atoms with Crippen molar-refractivity contribution in [1.29, 1.82) is 0 Å². The van der Waals surface area contributed by atoms with Crippen molar-refractivity contribution in [2.45, 2.75) is 469 Å². The summed E-state index contributed by atoms with van der Waals surface area (Å²) in [6.45, 7) is 5.02. The monoisotopic (exact) mass is 1170 g/mol. The fraction of sp³-hybridized carbons (Fsp3) is 0.974. The van der Waals surface area contributed by atoms with Crippen LogP contribution in [0, 0.1) is 0 Å². The van der Waals surface area contributed by atoms with Gasteiger partial charge in [0.25, 0.3) is 0 Å². The third kappa shape index (κ3) is 69.8. The van der Waals surface area contributed by atoms with Crippen LogP contribution in [-0.2, 0) is 14.3 Å². The number of rotatable bonds is 74. The maximum atomic E-state index is 12.6. The van der Waals surface area contributed by atoms with E-state index in [-0.39, 0.29) is 18.5 Å². The Morgan fingerprint density at radius 2 is 0.494 bits per heavy atom. The van der Waals surface area contributed by atoms with Crippen LogP contribution in [0.5, 0.6) is 0 Å². The molecule has 1 amide bonds. The predicted molar refractivity (Wildman–Crippen MR) is 366 cm³/mol. The number of hydrogen-bond acceptors (Lipinski definition) is 5. The van der Waals surface area contributed by atoms with Crippen molar-refractivity contribution in [3.63, 3.8) is 0 Å². The summed E-state index contributed by atoms with van der Waals surface area (Å²) < 4.78 is 5.52. The molecule has 0 aromatic heterocycles. The Hall–Kier alpha value is -1.14. The fourth-order valence-electron chi connectivity index (χ4n) is 12.8. The first kappa shape index (κ1) is 81.9. The molecule has 83 heavy (non-hydrogen) atoms. The molecule has 2 unspecified atom stereocenters. The van der Waals surface area contributed by atoms with E-state index in [0.29, 0.717) is 25.9 Å². The molecule has 0 fully saturated rings. The van der Waals surface area contributed by atoms with Gasteiger partial charge in [-0.3, -0.25) is 9.59 Å². The molecule has 6 nitrogen and oxygen atoms in total. The minimum atomic E-state index is -0.663. The highest BCUT2D eigenvalue weighted by molar-refractivity contribution is 5.76. The van der Waals surface area contributed by atoms with Gasteiger partial charge in [0.1, 0.15) is 0 Å². The second kappa shape index (κ2) is 73.3. The highest BCUT2D eigenvalue weighted by atomic mass is 16.5. The average molecular weight is 1170 g/mol. The number of aliphatic hydroxyl groups is 2. The summed E-state index contributed by atoms with van der Waals surface area (Å²) in [7, 11) is 0. The molecule has 2 atom stereocenters. The van der Waals surface area contributed by atoms with E-state index in [1.165, 1.54) is 385 Å². The summed E-state index contributed by atoms with van der Waals surface area (Å²) in [6.07, 6.45) is 90.4. The first-order chi connectivity index (χ1) is 41.0. The molecule has 0 aliphatic rings. The lowest BCUT2D eigenvalue weighted by Gasteiger charge is -2.22. The molecular weight excluding hydrogens is 1020 g/mol. The quantitative estimate of drug-likeness (QED) is 0.0417. The summed E-state index contributed by atoms with van der Waals surface area (Å²) in [5.74, 6) is -0.00401. The number of ether oxygens (including phenoxy) is 1. The Kier molecular flexibility index (Phi) is 72.3. The largest absolute Gasteiger partial charge is 0.466 e. The number of carbonyl (C=O) groups excluding carboxylic acids is 2. The zero-order chi connectivity index (χ0) is 59.9. The number of esters is 1. The molecule has 0 aliphatic carbocycles. The van der Waals surface area contributed by atoms with Crippen LogP contribution in [0.15, 0.2) is 0 Å². The van der Waals surface area contributed by atoms with Crippen molar-refractivity contribution in [3.05, 3.63) is 0 Å². The van der Waals surface area contributed by atoms with Crippen LogP contribution in [0.4, 0.5) is 0 Å². The van der Waals surface area contributed by atoms with E-state index >= 15 is 0 Å². The van der Waals surface area contributed by atoms with Gasteiger partial charge in [0.05, 0.1) is 25.4 Å². The highest BCUT2D eigenvalue weighted by Gasteiger charge is 2.20. The summed E-state index contributed by atoms with van der Waals surface area (Å²) in [4.78, 5) is 24.7. The van der Waals surface area contributed by atoms with Crippen molar-refractivity contribution in [2.24, 2.45) is 0 Å². The van der Waals surface area contributed by atoms with Crippen molar-refractivity contribution in [3.8, 4) is 0 Å². The second-order valence-corrected chi connectivity index (χ2v) is 27.1. The molecule has 0 heterocycles. The van der Waals surface area contributed by atoms with E-state index in [9.17, 15) is 19.8 Å². The van der Waals surface area contributed by atoms with Crippen LogP contribution in [0.1, 0.15) is 457 Å². The zero-order valence-corrected chi connectivity index (χ0v) is 57.0. The summed E-state index contributed by atoms with van der Waals surface area (Å²) >= 11 is 0. The second-order valence-electron chi connectivity index (χ2n) is 27.1. The van der Waals surface area contributed by atoms with Crippen molar-refractivity contribution in [1.82, 2.24) is 5.32 Å². The van der Waals surface area contributed by atoms with Crippen LogP contribution in [0.3, 0.4) is 0 Å². The van der Waals surface area contributed by atoms with Gasteiger partial charge in [0.2, 0.25) is 5.91 Å². The molecular formula is C77H153NO5. The maximum Gasteiger partial charge on any atom is 0.305 e. The highest BCUT2D eigenvalue weighted by Crippen LogP contribution is 2.20. The Morgan fingerprint density at radius 3 is 0.735 bits per heavy atom. The molecule has 3 N–H and O–H groups in total. The van der Waals surface area contributed by atoms with E-state index in [0.717, 1.165) is 38.5 Å². The number of carbonyl (C=O) groups is 2. The molecule has 0 saturated heterocycles. The van der Waals surface area contributed by atoms with Gasteiger partial charge in [0, 0.05) is 12.8 Å². The van der Waals surface area contributed by atoms with E-state index in [2.05, 4.69) is 19.2 Å². The molecule has 0 aromatic carbocycles. The SMILES string of the molecule is CCCCCCCCCCCCCCCCCCCCCCCCC(O)C(CO)NC(=O)CCCCCCCCCCCCCCCCCCCCCCCCCCCOC(=O)CCCCCCCCCCCCCCCCCCCCC. The van der Waals surface area contributed by atoms with E-state index in [1.54, 1.807) is 0 Å². The third-order valence-electron chi connectivity index (χ3n) is 18.7. The van der Waals surface area contributed by atoms with Crippen LogP contribution in [0.2, 0.25) is 0 Å². The van der Waals surface area contributed by atoms with E-state index in [4.69, 9.17) is 4.74 Å². The number of nitrogens with one attached hydrogen (secondary N) is 1. The fourth-order valence-corrected chi connectivity index (χ4v) is 12.8. The van der Waals surface area contributed by atoms with Gasteiger partial charge in [-0.2, -0.15) is 0 Å². The maximum absolute atomic E-state index is 12.6. The van der Waals surface area contributed by atoms with Gasteiger partial charge < -0.3 is 20.3 Å². The summed E-state index contributed by atoms with van der Waals surface area (Å²) in [6, 6.07) is -0.540. The summed E-state index contributed by atoms with van der Waals surface area (Å²) in [5.41, 5.74) is 0. The van der Waals surface area contributed by atoms with Gasteiger partial charge >= 0.3 is 5.97 Å². The van der Waals surface area contributed by atoms with Crippen LogP contribution >= 0.6 is 0 Å². The third-order valence-corrected chi connectivity index (χ3v) is 18.7. The first-order valence-corrected chi connectivity index (χ1v) is 38.8. The van der Waals surface area contributed by atoms with Gasteiger partial charge in [0.15, 0.2) is 0 Å². The number of hydrogen-bond donors (Lipinski definition) is 3. The molecule has 0 spiro atoms. The van der Waals surface area contributed by atoms with Crippen LogP contribution in [0.25, 0.3) is 0 Å². The van der Waals surface area contributed by atoms with Crippen molar-refractivity contribution < 1.29 is 24.5 Å². The minimum absolute atomic E-state index is 0.0230. The molecule has 0 bridgehead atoms. The molecule has 496 valence electrons. The van der Waals surface area contributed by atoms with Crippen molar-refractivity contribution in [2.75, 3.05) is 13.2 Å². The van der Waals surface area contributed by atoms with E-state index in [1.807, 2.05) is 0 Å². The van der Waals surface area contributed by atoms with Gasteiger partial charge in [-0.1, -0.05) is 418 Å². The average Bonchev–Trinajstić information content (AvgIpc) is 3.49. The topological polar surface area (TPSA) is 95.9 Å². The Morgan fingerprint density at radius 1 is 0.289 bits per heavy atom. The Bertz CT molecular complexity index is 1210. The predicted octanol–water partition coefficient (Wildman–Crippen LogP) is 25.3. The number of amides is 1. The number of aliphatic hydroxyl groups excluding tert-OH is 2. The Balaban J connectivity index is 3.33. The molecule has 0 saturated carbocycles. The standard InChI is InChI=1S/C77H153NO5/c1-3-5-7-9-11-13-15-17-19-21-23-24-30-34-37-41-45-49-53-57-61-65-69-75(80)74(73-79)78-76(81)70-66-62-58-54-50-46-42-38-35-31-28-26-25-27-29-32-36-40-44-48-52-56-60-64-68-72-83-77(82)71-67-63-59-55-51-47-43-39-33-22-20-18-16-14-12-10-8-6-4-2/h74-75,79-80H,3-73H2,1-2H3,(H,78,81). The lowest BCUT2D eigenvalue weighted by atomic mass is 10.0. The molecule has 0 radical (unpaired) electrons. The van der Waals surface area contributed by atoms with E-state index < -0.39 is 12.1 Å². The van der Waals surface area contributed by atoms with Crippen LogP contribution < -0.4 is 5.32 Å². The molecule has 0 rings (SSSR count). The van der Waals surface area contributed by atoms with Gasteiger partial charge in [-0.05, 0) is 25.7 Å². The number of unbranched alkanes of at least 4 members (excludes halogenated alkanes) is 63. The zero-order valence-electron chi connectivity index (χ0n) is 57.0. The normalized spacial score (nSPS) is 12.4. The van der Waals surface area contributed by atoms with Gasteiger partial charge in [-0.15, -0.1) is 0 Å². The molecule has 6 heteroatoms.